The van der Waals surface area contributed by atoms with E-state index in [9.17, 15) is 0 Å². The Morgan fingerprint density at radius 3 is 2.40 bits per heavy atom. The number of piperidine rings is 1. The van der Waals surface area contributed by atoms with Gasteiger partial charge in [-0.2, -0.15) is 0 Å². The molecule has 1 saturated heterocycles. The minimum absolute atomic E-state index is 0.857. The lowest BCUT2D eigenvalue weighted by atomic mass is 9.84. The van der Waals surface area contributed by atoms with Gasteiger partial charge < -0.3 is 5.32 Å². The van der Waals surface area contributed by atoms with Crippen LogP contribution in [0.5, 0.6) is 0 Å². The molecule has 10 heavy (non-hydrogen) atoms. The molecule has 0 amide bonds. The highest BCUT2D eigenvalue weighted by molar-refractivity contribution is 4.75. The van der Waals surface area contributed by atoms with E-state index in [0.717, 1.165) is 17.8 Å². The molecule has 1 heterocycles. The molecule has 0 spiro atoms. The third-order valence-electron chi connectivity index (χ3n) is 2.55. The van der Waals surface area contributed by atoms with E-state index in [1.165, 1.54) is 19.5 Å². The number of hydrogen-bond acceptors (Lipinski definition) is 1. The van der Waals surface area contributed by atoms with Crippen LogP contribution in [0, 0.1) is 17.8 Å². The molecule has 1 nitrogen and oxygen atoms in total. The van der Waals surface area contributed by atoms with Crippen molar-refractivity contribution in [2.75, 3.05) is 13.1 Å². The highest BCUT2D eigenvalue weighted by Crippen LogP contribution is 2.22. The van der Waals surface area contributed by atoms with E-state index in [1.807, 2.05) is 0 Å². The van der Waals surface area contributed by atoms with Crippen molar-refractivity contribution in [1.29, 1.82) is 0 Å². The van der Waals surface area contributed by atoms with Crippen molar-refractivity contribution in [2.45, 2.75) is 27.2 Å². The minimum Gasteiger partial charge on any atom is -0.316 e. The second kappa shape index (κ2) is 3.38. The molecule has 2 atom stereocenters. The standard InChI is InChI=1S/C9H19N/c1-7(2)9-4-8(3)5-10-6-9/h7-10H,4-6H2,1-3H3/t8-,9+/m1/s1. The molecular formula is C9H19N. The summed E-state index contributed by atoms with van der Waals surface area (Å²) in [7, 11) is 0. The van der Waals surface area contributed by atoms with E-state index >= 15 is 0 Å². The first kappa shape index (κ1) is 8.06. The minimum atomic E-state index is 0.857. The summed E-state index contributed by atoms with van der Waals surface area (Å²) >= 11 is 0. The van der Waals surface area contributed by atoms with Crippen LogP contribution in [0.15, 0.2) is 0 Å². The third kappa shape index (κ3) is 1.98. The van der Waals surface area contributed by atoms with Gasteiger partial charge in [-0.15, -0.1) is 0 Å². The van der Waals surface area contributed by atoms with Gasteiger partial charge in [-0.05, 0) is 37.3 Å². The lowest BCUT2D eigenvalue weighted by molar-refractivity contribution is 0.244. The van der Waals surface area contributed by atoms with Crippen LogP contribution in [-0.2, 0) is 0 Å². The normalized spacial score (nSPS) is 34.8. The number of hydrogen-bond donors (Lipinski definition) is 1. The molecule has 60 valence electrons. The quantitative estimate of drug-likeness (QED) is 0.588. The first-order valence-corrected chi connectivity index (χ1v) is 4.41. The maximum absolute atomic E-state index is 3.47. The summed E-state index contributed by atoms with van der Waals surface area (Å²) in [5.74, 6) is 2.67. The van der Waals surface area contributed by atoms with Crippen molar-refractivity contribution in [3.63, 3.8) is 0 Å². The predicted octanol–water partition coefficient (Wildman–Crippen LogP) is 1.89. The largest absolute Gasteiger partial charge is 0.316 e. The molecule has 0 saturated carbocycles. The fourth-order valence-electron chi connectivity index (χ4n) is 1.71. The van der Waals surface area contributed by atoms with Crippen LogP contribution in [0.1, 0.15) is 27.2 Å². The fourth-order valence-corrected chi connectivity index (χ4v) is 1.71. The summed E-state index contributed by atoms with van der Waals surface area (Å²) in [6.07, 6.45) is 1.42. The van der Waals surface area contributed by atoms with Gasteiger partial charge >= 0.3 is 0 Å². The van der Waals surface area contributed by atoms with Crippen molar-refractivity contribution in [1.82, 2.24) is 5.32 Å². The van der Waals surface area contributed by atoms with Gasteiger partial charge in [0.15, 0.2) is 0 Å². The molecule has 0 aromatic rings. The molecule has 1 rings (SSSR count). The van der Waals surface area contributed by atoms with Crippen molar-refractivity contribution in [2.24, 2.45) is 17.8 Å². The van der Waals surface area contributed by atoms with Gasteiger partial charge in [0.2, 0.25) is 0 Å². The van der Waals surface area contributed by atoms with Crippen molar-refractivity contribution in [3.05, 3.63) is 0 Å². The zero-order chi connectivity index (χ0) is 7.56. The van der Waals surface area contributed by atoms with Crippen LogP contribution >= 0.6 is 0 Å². The molecule has 1 aliphatic rings. The summed E-state index contributed by atoms with van der Waals surface area (Å²) in [5.41, 5.74) is 0. The zero-order valence-electron chi connectivity index (χ0n) is 7.35. The number of rotatable bonds is 1. The van der Waals surface area contributed by atoms with E-state index in [0.29, 0.717) is 0 Å². The Kier molecular flexibility index (Phi) is 2.72. The first-order valence-electron chi connectivity index (χ1n) is 4.41. The van der Waals surface area contributed by atoms with Crippen LogP contribution in [0.3, 0.4) is 0 Å². The molecular weight excluding hydrogens is 122 g/mol. The Labute approximate surface area is 64.2 Å². The van der Waals surface area contributed by atoms with Crippen LogP contribution in [0.4, 0.5) is 0 Å². The molecule has 1 fully saturated rings. The summed E-state index contributed by atoms with van der Waals surface area (Å²) in [6, 6.07) is 0. The SMILES string of the molecule is CC(C)[C@@H]1CNC[C@H](C)C1. The van der Waals surface area contributed by atoms with Crippen molar-refractivity contribution >= 4 is 0 Å². The topological polar surface area (TPSA) is 12.0 Å². The average molecular weight is 141 g/mol. The maximum atomic E-state index is 3.47. The van der Waals surface area contributed by atoms with Gasteiger partial charge in [-0.1, -0.05) is 20.8 Å². The monoisotopic (exact) mass is 141 g/mol. The van der Waals surface area contributed by atoms with Gasteiger partial charge in [-0.25, -0.2) is 0 Å². The summed E-state index contributed by atoms with van der Waals surface area (Å²) in [4.78, 5) is 0. The van der Waals surface area contributed by atoms with Crippen LogP contribution in [0.25, 0.3) is 0 Å². The Morgan fingerprint density at radius 2 is 2.00 bits per heavy atom. The highest BCUT2D eigenvalue weighted by atomic mass is 14.9. The second-order valence-electron chi connectivity index (χ2n) is 4.00. The summed E-state index contributed by atoms with van der Waals surface area (Å²) < 4.78 is 0. The summed E-state index contributed by atoms with van der Waals surface area (Å²) in [5, 5.41) is 3.47. The van der Waals surface area contributed by atoms with Crippen LogP contribution < -0.4 is 5.32 Å². The predicted molar refractivity (Wildman–Crippen MR) is 45.0 cm³/mol. The number of nitrogens with one attached hydrogen (secondary N) is 1. The Hall–Kier alpha value is -0.0400. The van der Waals surface area contributed by atoms with Crippen LogP contribution in [-0.4, -0.2) is 13.1 Å². The highest BCUT2D eigenvalue weighted by Gasteiger charge is 2.20. The van der Waals surface area contributed by atoms with E-state index in [4.69, 9.17) is 0 Å². The molecule has 1 aliphatic heterocycles. The fraction of sp³-hybridized carbons (Fsp3) is 1.00. The Balaban J connectivity index is 2.32. The van der Waals surface area contributed by atoms with E-state index in [-0.39, 0.29) is 0 Å². The molecule has 0 radical (unpaired) electrons. The van der Waals surface area contributed by atoms with Gasteiger partial charge in [0.1, 0.15) is 0 Å². The average Bonchev–Trinajstić information content (AvgIpc) is 1.88. The van der Waals surface area contributed by atoms with Crippen molar-refractivity contribution in [3.8, 4) is 0 Å². The van der Waals surface area contributed by atoms with Gasteiger partial charge in [0.05, 0.1) is 0 Å². The molecule has 0 aromatic heterocycles. The van der Waals surface area contributed by atoms with Crippen molar-refractivity contribution < 1.29 is 0 Å². The van der Waals surface area contributed by atoms with Gasteiger partial charge in [-0.3, -0.25) is 0 Å². The van der Waals surface area contributed by atoms with E-state index in [1.54, 1.807) is 0 Å². The van der Waals surface area contributed by atoms with E-state index < -0.39 is 0 Å². The molecule has 1 heteroatoms. The Morgan fingerprint density at radius 1 is 1.30 bits per heavy atom. The van der Waals surface area contributed by atoms with Gasteiger partial charge in [0.25, 0.3) is 0 Å². The maximum Gasteiger partial charge on any atom is -0.00178 e. The molecule has 0 unspecified atom stereocenters. The molecule has 0 aromatic carbocycles. The molecule has 0 aliphatic carbocycles. The smallest absolute Gasteiger partial charge is 0.00178 e. The Bertz CT molecular complexity index is 98.9. The lowest BCUT2D eigenvalue weighted by Crippen LogP contribution is -2.37. The van der Waals surface area contributed by atoms with Crippen LogP contribution in [0.2, 0.25) is 0 Å². The summed E-state index contributed by atoms with van der Waals surface area (Å²) in [6.45, 7) is 9.45. The zero-order valence-corrected chi connectivity index (χ0v) is 7.35. The lowest BCUT2D eigenvalue weighted by Gasteiger charge is -2.30. The van der Waals surface area contributed by atoms with Gasteiger partial charge in [0, 0.05) is 0 Å². The molecule has 1 N–H and O–H groups in total. The first-order chi connectivity index (χ1) is 4.70. The molecule has 0 bridgehead atoms. The second-order valence-corrected chi connectivity index (χ2v) is 4.00. The third-order valence-corrected chi connectivity index (χ3v) is 2.55. The van der Waals surface area contributed by atoms with E-state index in [2.05, 4.69) is 26.1 Å².